The molecule has 0 amide bonds. The number of ether oxygens (including phenoxy) is 6. The highest BCUT2D eigenvalue weighted by atomic mass is 16.7. The number of aliphatic hydroxyl groups excluding tert-OH is 7. The van der Waals surface area contributed by atoms with E-state index in [4.69, 9.17) is 28.4 Å². The Kier molecular flexibility index (Phi) is 36.1. The largest absolute Gasteiger partial charge is 0.462 e. The summed E-state index contributed by atoms with van der Waals surface area (Å²) in [5.41, 5.74) is 0. The Morgan fingerprint density at radius 3 is 1.49 bits per heavy atom. The number of esters is 2. The first-order valence-corrected chi connectivity index (χ1v) is 25.7. The first-order chi connectivity index (χ1) is 33.5. The molecule has 2 fully saturated rings. The molecule has 2 aliphatic rings. The van der Waals surface area contributed by atoms with E-state index in [1.807, 2.05) is 12.2 Å². The Balaban J connectivity index is 1.86. The molecule has 0 radical (unpaired) electrons. The van der Waals surface area contributed by atoms with Gasteiger partial charge in [-0.2, -0.15) is 0 Å². The lowest BCUT2D eigenvalue weighted by Gasteiger charge is -2.42. The zero-order valence-electron chi connectivity index (χ0n) is 41.5. The highest BCUT2D eigenvalue weighted by Gasteiger charge is 2.47. The van der Waals surface area contributed by atoms with Crippen molar-refractivity contribution in [3.63, 3.8) is 0 Å². The molecule has 0 aromatic carbocycles. The minimum absolute atomic E-state index is 0.0340. The summed E-state index contributed by atoms with van der Waals surface area (Å²) >= 11 is 0. The number of allylic oxidation sites excluding steroid dienone is 14. The van der Waals surface area contributed by atoms with E-state index in [-0.39, 0.29) is 19.4 Å². The highest BCUT2D eigenvalue weighted by molar-refractivity contribution is 5.70. The Hall–Kier alpha value is -3.32. The second-order valence-corrected chi connectivity index (χ2v) is 17.6. The van der Waals surface area contributed by atoms with Gasteiger partial charge >= 0.3 is 11.9 Å². The van der Waals surface area contributed by atoms with E-state index in [1.165, 1.54) is 32.1 Å². The maximum Gasteiger partial charge on any atom is 0.306 e. The van der Waals surface area contributed by atoms with Crippen LogP contribution in [0.15, 0.2) is 85.1 Å². The maximum absolute atomic E-state index is 13.0. The first-order valence-electron chi connectivity index (χ1n) is 25.7. The Labute approximate surface area is 412 Å². The van der Waals surface area contributed by atoms with Crippen LogP contribution in [0.4, 0.5) is 0 Å². The lowest BCUT2D eigenvalue weighted by atomic mass is 9.98. The Morgan fingerprint density at radius 1 is 0.478 bits per heavy atom. The van der Waals surface area contributed by atoms with Crippen molar-refractivity contribution in [2.45, 2.75) is 216 Å². The van der Waals surface area contributed by atoms with Crippen molar-refractivity contribution in [2.75, 3.05) is 26.4 Å². The van der Waals surface area contributed by atoms with Crippen molar-refractivity contribution in [3.05, 3.63) is 85.1 Å². The summed E-state index contributed by atoms with van der Waals surface area (Å²) in [6, 6.07) is 0. The maximum atomic E-state index is 13.0. The standard InChI is InChI=1S/C54H88O15/c1-3-5-7-9-11-13-15-17-19-20-21-22-23-25-27-29-31-33-35-37-46(57)67-42(39-64-45(56)36-34-32-30-28-26-24-18-16-14-12-10-8-6-4-2)40-65-53-52(63)50(61)48(59)44(69-53)41-66-54-51(62)49(60)47(58)43(38-55)68-54/h5,7,11,13,16-19,21-22,25,27,31,33,42-44,47-55,58-63H,3-4,6,8-10,12,14-15,20,23-24,26,28-30,32,34-41H2,1-2H3/b7-5+,13-11+,18-16+,19-17+,22-21+,27-25+,33-31+/t42-,43+,44+,47-,48-,49?,50?,51?,52?,53+,54+/m1/s1. The molecule has 15 nitrogen and oxygen atoms in total. The molecule has 0 spiro atoms. The molecule has 2 aliphatic heterocycles. The number of rotatable bonds is 38. The van der Waals surface area contributed by atoms with Gasteiger partial charge in [0.15, 0.2) is 18.7 Å². The van der Waals surface area contributed by atoms with Crippen molar-refractivity contribution < 1.29 is 73.8 Å². The minimum atomic E-state index is -1.78. The van der Waals surface area contributed by atoms with E-state index >= 15 is 0 Å². The molecule has 11 atom stereocenters. The van der Waals surface area contributed by atoms with Gasteiger partial charge in [-0.3, -0.25) is 9.59 Å². The van der Waals surface area contributed by atoms with E-state index in [0.717, 1.165) is 70.6 Å². The van der Waals surface area contributed by atoms with Gasteiger partial charge in [0, 0.05) is 12.8 Å². The smallest absolute Gasteiger partial charge is 0.306 e. The predicted octanol–water partition coefficient (Wildman–Crippen LogP) is 7.21. The molecule has 2 heterocycles. The van der Waals surface area contributed by atoms with Crippen LogP contribution in [0.1, 0.15) is 149 Å². The molecule has 0 saturated carbocycles. The van der Waals surface area contributed by atoms with Gasteiger partial charge in [0.2, 0.25) is 0 Å². The third kappa shape index (κ3) is 28.3. The summed E-state index contributed by atoms with van der Waals surface area (Å²) in [6.07, 6.45) is 31.9. The van der Waals surface area contributed by atoms with Crippen LogP contribution in [0.2, 0.25) is 0 Å². The van der Waals surface area contributed by atoms with E-state index in [1.54, 1.807) is 0 Å². The normalized spacial score (nSPS) is 26.3. The van der Waals surface area contributed by atoms with Crippen molar-refractivity contribution >= 4 is 11.9 Å². The fraction of sp³-hybridized carbons (Fsp3) is 0.704. The van der Waals surface area contributed by atoms with Crippen LogP contribution in [0.25, 0.3) is 0 Å². The van der Waals surface area contributed by atoms with Crippen LogP contribution in [0.3, 0.4) is 0 Å². The fourth-order valence-electron chi connectivity index (χ4n) is 7.41. The van der Waals surface area contributed by atoms with Crippen LogP contribution in [-0.2, 0) is 38.0 Å². The molecule has 0 aliphatic carbocycles. The number of carbonyl (C=O) groups is 2. The number of aliphatic hydroxyl groups is 7. The summed E-state index contributed by atoms with van der Waals surface area (Å²) < 4.78 is 33.5. The van der Waals surface area contributed by atoms with Crippen LogP contribution >= 0.6 is 0 Å². The summed E-state index contributed by atoms with van der Waals surface area (Å²) in [7, 11) is 0. The lowest BCUT2D eigenvalue weighted by Crippen LogP contribution is -2.61. The second kappa shape index (κ2) is 40.3. The van der Waals surface area contributed by atoms with Gasteiger partial charge < -0.3 is 64.2 Å². The molecule has 0 bridgehead atoms. The molecule has 4 unspecified atom stereocenters. The quantitative estimate of drug-likeness (QED) is 0.0184. The predicted molar refractivity (Wildman–Crippen MR) is 265 cm³/mol. The molecular weight excluding hydrogens is 889 g/mol. The molecule has 7 N–H and O–H groups in total. The Bertz CT molecular complexity index is 1520. The number of unbranched alkanes of at least 4 members (excludes halogenated alkanes) is 10. The van der Waals surface area contributed by atoms with Crippen molar-refractivity contribution in [2.24, 2.45) is 0 Å². The van der Waals surface area contributed by atoms with Gasteiger partial charge in [-0.25, -0.2) is 0 Å². The van der Waals surface area contributed by atoms with Crippen LogP contribution < -0.4 is 0 Å². The van der Waals surface area contributed by atoms with Gasteiger partial charge in [-0.1, -0.05) is 144 Å². The van der Waals surface area contributed by atoms with E-state index in [2.05, 4.69) is 86.8 Å². The van der Waals surface area contributed by atoms with Gasteiger partial charge in [-0.05, 0) is 77.0 Å². The van der Waals surface area contributed by atoms with Crippen LogP contribution in [0.5, 0.6) is 0 Å². The fourth-order valence-corrected chi connectivity index (χ4v) is 7.41. The van der Waals surface area contributed by atoms with E-state index in [0.29, 0.717) is 19.3 Å². The molecule has 15 heteroatoms. The third-order valence-corrected chi connectivity index (χ3v) is 11.6. The monoisotopic (exact) mass is 977 g/mol. The van der Waals surface area contributed by atoms with Gasteiger partial charge in [0.05, 0.1) is 19.8 Å². The SMILES string of the molecule is CC/C=C/C/C=C/C/C=C/C/C=C/C/C=C/C/C=C/CCC(=O)O[C@H](COC(=O)CCCCCCC/C=C/CCCCCCC)CO[C@H]1O[C@@H](CO[C@H]2O[C@@H](CO)[C@@H](O)C(O)C2O)[C@@H](O)C(O)C1O. The first kappa shape index (κ1) is 61.8. The van der Waals surface area contributed by atoms with E-state index < -0.39 is 99.3 Å². The lowest BCUT2D eigenvalue weighted by molar-refractivity contribution is -0.332. The van der Waals surface area contributed by atoms with Crippen LogP contribution in [-0.4, -0.2) is 142 Å². The summed E-state index contributed by atoms with van der Waals surface area (Å²) in [6.45, 7) is 2.36. The second-order valence-electron chi connectivity index (χ2n) is 17.6. The highest BCUT2D eigenvalue weighted by Crippen LogP contribution is 2.26. The van der Waals surface area contributed by atoms with Crippen molar-refractivity contribution in [3.8, 4) is 0 Å². The summed E-state index contributed by atoms with van der Waals surface area (Å²) in [4.78, 5) is 25.7. The minimum Gasteiger partial charge on any atom is -0.462 e. The average molecular weight is 977 g/mol. The molecule has 0 aromatic rings. The zero-order chi connectivity index (χ0) is 50.3. The summed E-state index contributed by atoms with van der Waals surface area (Å²) in [5, 5.41) is 72.1. The van der Waals surface area contributed by atoms with Crippen molar-refractivity contribution in [1.82, 2.24) is 0 Å². The molecule has 69 heavy (non-hydrogen) atoms. The van der Waals surface area contributed by atoms with Gasteiger partial charge in [0.1, 0.15) is 55.4 Å². The van der Waals surface area contributed by atoms with E-state index in [9.17, 15) is 45.3 Å². The van der Waals surface area contributed by atoms with Crippen molar-refractivity contribution in [1.29, 1.82) is 0 Å². The van der Waals surface area contributed by atoms with Gasteiger partial charge in [0.25, 0.3) is 0 Å². The molecule has 2 saturated heterocycles. The molecule has 2 rings (SSSR count). The number of hydrogen-bond acceptors (Lipinski definition) is 15. The topological polar surface area (TPSA) is 231 Å². The van der Waals surface area contributed by atoms with Crippen LogP contribution in [0, 0.1) is 0 Å². The Morgan fingerprint density at radius 2 is 0.942 bits per heavy atom. The summed E-state index contributed by atoms with van der Waals surface area (Å²) in [5.74, 6) is -1.04. The molecule has 0 aromatic heterocycles. The molecule has 394 valence electrons. The number of hydrogen-bond donors (Lipinski definition) is 7. The molecular formula is C54H88O15. The average Bonchev–Trinajstić information content (AvgIpc) is 3.34. The third-order valence-electron chi connectivity index (χ3n) is 11.6. The van der Waals surface area contributed by atoms with Gasteiger partial charge in [-0.15, -0.1) is 0 Å². The zero-order valence-corrected chi connectivity index (χ0v) is 41.5. The number of carbonyl (C=O) groups excluding carboxylic acids is 2.